The van der Waals surface area contributed by atoms with E-state index in [2.05, 4.69) is 201 Å². The molecule has 11 rings (SSSR count). The van der Waals surface area contributed by atoms with E-state index in [0.29, 0.717) is 0 Å². The highest BCUT2D eigenvalue weighted by Crippen LogP contribution is 2.54. The van der Waals surface area contributed by atoms with Crippen molar-refractivity contribution >= 4 is 48.9 Å². The molecule has 0 amide bonds. The molecule has 1 aromatic heterocycles. The Kier molecular flexibility index (Phi) is 6.83. The zero-order valence-electron chi connectivity index (χ0n) is 31.3. The Labute approximate surface area is 321 Å². The highest BCUT2D eigenvalue weighted by atomic mass is 15.1. The van der Waals surface area contributed by atoms with Crippen molar-refractivity contribution in [3.8, 4) is 27.9 Å². The van der Waals surface area contributed by atoms with Gasteiger partial charge in [0.05, 0.1) is 11.0 Å². The van der Waals surface area contributed by atoms with Gasteiger partial charge in [0.25, 0.3) is 0 Å². The summed E-state index contributed by atoms with van der Waals surface area (Å²) >= 11 is 0. The third kappa shape index (κ3) is 4.71. The lowest BCUT2D eigenvalue weighted by molar-refractivity contribution is 0.611. The third-order valence-corrected chi connectivity index (χ3v) is 12.5. The van der Waals surface area contributed by atoms with Crippen molar-refractivity contribution in [2.45, 2.75) is 38.0 Å². The zero-order valence-corrected chi connectivity index (χ0v) is 31.3. The molecule has 0 spiro atoms. The summed E-state index contributed by atoms with van der Waals surface area (Å²) in [6, 6.07) is 58.0. The van der Waals surface area contributed by atoms with E-state index in [-0.39, 0.29) is 10.8 Å². The summed E-state index contributed by atoms with van der Waals surface area (Å²) in [5.74, 6) is 0.976. The van der Waals surface area contributed by atoms with Crippen LogP contribution in [0.15, 0.2) is 176 Å². The molecule has 2 nitrogen and oxygen atoms in total. The molecule has 0 saturated carbocycles. The average molecular weight is 705 g/mol. The number of allylic oxidation sites excluding steroid dienone is 4. The Balaban J connectivity index is 1.16. The summed E-state index contributed by atoms with van der Waals surface area (Å²) in [4.78, 5) is 5.22. The summed E-state index contributed by atoms with van der Waals surface area (Å²) in [6.07, 6.45) is 8.06. The molecule has 9 aromatic rings. The van der Waals surface area contributed by atoms with Gasteiger partial charge >= 0.3 is 0 Å². The van der Waals surface area contributed by atoms with Gasteiger partial charge in [0.2, 0.25) is 0 Å². The smallest absolute Gasteiger partial charge is 0.145 e. The molecule has 0 radical (unpaired) electrons. The topological polar surface area (TPSA) is 17.8 Å². The van der Waals surface area contributed by atoms with E-state index in [1.54, 1.807) is 0 Å². The molecule has 1 atom stereocenters. The van der Waals surface area contributed by atoms with Crippen LogP contribution in [-0.4, -0.2) is 9.55 Å². The van der Waals surface area contributed by atoms with Gasteiger partial charge in [0, 0.05) is 22.1 Å². The van der Waals surface area contributed by atoms with Gasteiger partial charge in [-0.1, -0.05) is 154 Å². The molecule has 1 heterocycles. The van der Waals surface area contributed by atoms with Gasteiger partial charge < -0.3 is 0 Å². The molecule has 1 unspecified atom stereocenters. The van der Waals surface area contributed by atoms with Gasteiger partial charge in [-0.05, 0) is 120 Å². The Hall–Kier alpha value is -6.51. The molecule has 0 fully saturated rings. The molecule has 0 N–H and O–H groups in total. The molecule has 0 bridgehead atoms. The van der Waals surface area contributed by atoms with Crippen LogP contribution >= 0.6 is 0 Å². The van der Waals surface area contributed by atoms with E-state index in [1.165, 1.54) is 71.3 Å². The molecular formula is C53H40N2. The van der Waals surface area contributed by atoms with Crippen molar-refractivity contribution in [1.82, 2.24) is 9.55 Å². The lowest BCUT2D eigenvalue weighted by Crippen LogP contribution is -2.22. The van der Waals surface area contributed by atoms with E-state index in [9.17, 15) is 0 Å². The number of hydrogen-bond acceptors (Lipinski definition) is 1. The maximum Gasteiger partial charge on any atom is 0.145 e. The van der Waals surface area contributed by atoms with E-state index >= 15 is 0 Å². The minimum atomic E-state index is -0.269. The van der Waals surface area contributed by atoms with Gasteiger partial charge in [-0.15, -0.1) is 0 Å². The number of nitrogens with zero attached hydrogens (tertiary/aromatic N) is 2. The molecule has 0 aliphatic heterocycles. The predicted molar refractivity (Wildman–Crippen MR) is 232 cm³/mol. The first kappa shape index (κ1) is 32.0. The van der Waals surface area contributed by atoms with E-state index < -0.39 is 0 Å². The number of aromatic nitrogens is 2. The molecule has 55 heavy (non-hydrogen) atoms. The first-order valence-corrected chi connectivity index (χ1v) is 19.4. The quantitative estimate of drug-likeness (QED) is 0.167. The van der Waals surface area contributed by atoms with Crippen LogP contribution < -0.4 is 0 Å². The maximum atomic E-state index is 5.22. The normalized spacial score (nSPS) is 17.2. The SMILES string of the molecule is CC1(c2c3ccccc3c(-c3ccc4ccccc4c3)c3cc4c(cc23)-c2ccccc2C4(C)C)C=CC(c2nc3ccccc3n2-c2ccccc2)=CC1. The van der Waals surface area contributed by atoms with Gasteiger partial charge in [0.15, 0.2) is 0 Å². The second kappa shape index (κ2) is 11.7. The number of benzene rings is 8. The minimum absolute atomic E-state index is 0.108. The molecular weight excluding hydrogens is 665 g/mol. The van der Waals surface area contributed by atoms with E-state index in [0.717, 1.165) is 34.5 Å². The van der Waals surface area contributed by atoms with Crippen LogP contribution in [0.3, 0.4) is 0 Å². The second-order valence-corrected chi connectivity index (χ2v) is 16.2. The van der Waals surface area contributed by atoms with Crippen molar-refractivity contribution < 1.29 is 0 Å². The highest BCUT2D eigenvalue weighted by Gasteiger charge is 2.38. The lowest BCUT2D eigenvalue weighted by atomic mass is 9.70. The maximum absolute atomic E-state index is 5.22. The van der Waals surface area contributed by atoms with Crippen molar-refractivity contribution in [3.05, 3.63) is 198 Å². The van der Waals surface area contributed by atoms with Gasteiger partial charge in [-0.3, -0.25) is 4.57 Å². The van der Waals surface area contributed by atoms with Gasteiger partial charge in [0.1, 0.15) is 5.82 Å². The fourth-order valence-corrected chi connectivity index (χ4v) is 9.78. The van der Waals surface area contributed by atoms with Gasteiger partial charge in [-0.25, -0.2) is 4.98 Å². The third-order valence-electron chi connectivity index (χ3n) is 12.5. The largest absolute Gasteiger partial charge is 0.292 e. The van der Waals surface area contributed by atoms with Gasteiger partial charge in [-0.2, -0.15) is 0 Å². The fourth-order valence-electron chi connectivity index (χ4n) is 9.78. The Morgan fingerprint density at radius 1 is 0.564 bits per heavy atom. The Morgan fingerprint density at radius 2 is 1.29 bits per heavy atom. The summed E-state index contributed by atoms with van der Waals surface area (Å²) in [5.41, 5.74) is 13.5. The number of para-hydroxylation sites is 3. The molecule has 2 aliphatic rings. The molecule has 2 aliphatic carbocycles. The van der Waals surface area contributed by atoms with Crippen LogP contribution in [0, 0.1) is 0 Å². The standard InChI is InChI=1S/C53H40N2/c1-52(2)45-22-12-11-19-39(45)42-32-44-43(33-46(42)52)49(37-26-25-34-15-7-8-16-36(34)31-37)40-20-9-10-21-41(40)50(44)53(3)29-27-35(28-30-53)51-54-47-23-13-14-24-48(47)55(51)38-17-5-4-6-18-38/h4-29,31-33H,30H2,1-3H3. The summed E-state index contributed by atoms with van der Waals surface area (Å²) in [6.45, 7) is 7.21. The lowest BCUT2D eigenvalue weighted by Gasteiger charge is -2.33. The fraction of sp³-hybridized carbons (Fsp3) is 0.113. The summed E-state index contributed by atoms with van der Waals surface area (Å²) < 4.78 is 2.31. The highest BCUT2D eigenvalue weighted by molar-refractivity contribution is 6.17. The number of hydrogen-bond donors (Lipinski definition) is 0. The van der Waals surface area contributed by atoms with Crippen LogP contribution in [-0.2, 0) is 10.8 Å². The molecule has 2 heteroatoms. The molecule has 8 aromatic carbocycles. The second-order valence-electron chi connectivity index (χ2n) is 16.2. The number of fused-ring (bicyclic) bond motifs is 7. The van der Waals surface area contributed by atoms with Crippen LogP contribution in [0.5, 0.6) is 0 Å². The number of rotatable bonds is 4. The van der Waals surface area contributed by atoms with E-state index in [1.807, 2.05) is 0 Å². The summed E-state index contributed by atoms with van der Waals surface area (Å²) in [5, 5.41) is 7.77. The Bertz CT molecular complexity index is 3100. The van der Waals surface area contributed by atoms with Crippen LogP contribution in [0.25, 0.3) is 76.9 Å². The van der Waals surface area contributed by atoms with E-state index in [4.69, 9.17) is 4.98 Å². The predicted octanol–water partition coefficient (Wildman–Crippen LogP) is 13.8. The summed E-state index contributed by atoms with van der Waals surface area (Å²) in [7, 11) is 0. The van der Waals surface area contributed by atoms with Crippen molar-refractivity contribution in [1.29, 1.82) is 0 Å². The molecule has 0 saturated heterocycles. The molecule has 262 valence electrons. The van der Waals surface area contributed by atoms with Crippen LogP contribution in [0.1, 0.15) is 49.7 Å². The first-order valence-electron chi connectivity index (χ1n) is 19.4. The monoisotopic (exact) mass is 704 g/mol. The number of imidazole rings is 1. The average Bonchev–Trinajstić information content (AvgIpc) is 3.72. The first-order chi connectivity index (χ1) is 26.9. The Morgan fingerprint density at radius 3 is 2.13 bits per heavy atom. The van der Waals surface area contributed by atoms with Crippen molar-refractivity contribution in [2.24, 2.45) is 0 Å². The van der Waals surface area contributed by atoms with Crippen LogP contribution in [0.2, 0.25) is 0 Å². The van der Waals surface area contributed by atoms with Crippen molar-refractivity contribution in [3.63, 3.8) is 0 Å². The van der Waals surface area contributed by atoms with Crippen molar-refractivity contribution in [2.75, 3.05) is 0 Å². The zero-order chi connectivity index (χ0) is 36.9. The van der Waals surface area contributed by atoms with Crippen LogP contribution in [0.4, 0.5) is 0 Å². The minimum Gasteiger partial charge on any atom is -0.292 e.